The molecule has 0 fully saturated rings. The maximum absolute atomic E-state index is 5.39. The zero-order valence-corrected chi connectivity index (χ0v) is 9.99. The molecule has 16 heavy (non-hydrogen) atoms. The highest BCUT2D eigenvalue weighted by molar-refractivity contribution is 4.66. The molecule has 0 amide bonds. The summed E-state index contributed by atoms with van der Waals surface area (Å²) in [5.74, 6) is -1.12. The lowest BCUT2D eigenvalue weighted by Crippen LogP contribution is -2.58. The van der Waals surface area contributed by atoms with E-state index in [2.05, 4.69) is 0 Å². The molecule has 8 N–H and O–H groups in total. The minimum Gasteiger partial charge on any atom is -0.381 e. The van der Waals surface area contributed by atoms with Gasteiger partial charge in [-0.1, -0.05) is 0 Å². The molecule has 0 spiro atoms. The Morgan fingerprint density at radius 1 is 0.750 bits per heavy atom. The van der Waals surface area contributed by atoms with Gasteiger partial charge in [-0.3, -0.25) is 0 Å². The van der Waals surface area contributed by atoms with Crippen molar-refractivity contribution in [1.29, 1.82) is 0 Å². The lowest BCUT2D eigenvalue weighted by Gasteiger charge is -2.17. The Balaban J connectivity index is 2.99. The topological polar surface area (TPSA) is 123 Å². The Kier molecular flexibility index (Phi) is 9.80. The summed E-state index contributed by atoms with van der Waals surface area (Å²) in [5.41, 5.74) is 21.5. The van der Waals surface area contributed by atoms with Gasteiger partial charge in [-0.05, 0) is 25.8 Å². The third kappa shape index (κ3) is 13.8. The molecule has 0 aromatic rings. The molecule has 0 bridgehead atoms. The first kappa shape index (κ1) is 15.8. The fraction of sp³-hybridized carbons (Fsp3) is 1.00. The zero-order chi connectivity index (χ0) is 12.3. The number of hydrogen-bond donors (Lipinski definition) is 4. The molecule has 0 heterocycles. The van der Waals surface area contributed by atoms with Gasteiger partial charge in [0, 0.05) is 26.2 Å². The second-order valence-electron chi connectivity index (χ2n) is 3.94. The van der Waals surface area contributed by atoms with Crippen molar-refractivity contribution >= 4 is 0 Å². The van der Waals surface area contributed by atoms with E-state index in [1.54, 1.807) is 0 Å². The molecule has 0 unspecified atom stereocenters. The van der Waals surface area contributed by atoms with Crippen molar-refractivity contribution in [2.45, 2.75) is 31.5 Å². The van der Waals surface area contributed by atoms with Crippen molar-refractivity contribution in [1.82, 2.24) is 0 Å². The highest BCUT2D eigenvalue weighted by Gasteiger charge is 2.10. The van der Waals surface area contributed by atoms with E-state index in [-0.39, 0.29) is 0 Å². The average Bonchev–Trinajstić information content (AvgIpc) is 2.19. The van der Waals surface area contributed by atoms with Gasteiger partial charge in [0.1, 0.15) is 5.79 Å². The van der Waals surface area contributed by atoms with E-state index in [9.17, 15) is 0 Å². The van der Waals surface area contributed by atoms with E-state index < -0.39 is 5.79 Å². The van der Waals surface area contributed by atoms with Crippen molar-refractivity contribution in [3.63, 3.8) is 0 Å². The lowest BCUT2D eigenvalue weighted by molar-refractivity contribution is 0.0937. The number of unbranched alkanes of at least 4 members (excludes halogenated alkanes) is 1. The quantitative estimate of drug-likeness (QED) is 0.270. The van der Waals surface area contributed by atoms with Gasteiger partial charge in [0.15, 0.2) is 0 Å². The van der Waals surface area contributed by atoms with Crippen molar-refractivity contribution in [2.24, 2.45) is 22.9 Å². The zero-order valence-electron chi connectivity index (χ0n) is 9.99. The fourth-order valence-corrected chi connectivity index (χ4v) is 1.05. The van der Waals surface area contributed by atoms with Gasteiger partial charge < -0.3 is 32.4 Å². The minimum atomic E-state index is -1.12. The van der Waals surface area contributed by atoms with Crippen LogP contribution in [0.1, 0.15) is 25.7 Å². The Morgan fingerprint density at radius 3 is 1.75 bits per heavy atom. The van der Waals surface area contributed by atoms with Gasteiger partial charge in [0.25, 0.3) is 0 Å². The van der Waals surface area contributed by atoms with E-state index in [1.165, 1.54) is 0 Å². The van der Waals surface area contributed by atoms with E-state index in [0.717, 1.165) is 32.5 Å². The Labute approximate surface area is 97.6 Å². The third-order valence-corrected chi connectivity index (χ3v) is 2.00. The average molecular weight is 234 g/mol. The molecule has 0 aromatic heterocycles. The fourth-order valence-electron chi connectivity index (χ4n) is 1.05. The molecule has 98 valence electrons. The predicted molar refractivity (Wildman–Crippen MR) is 64.5 cm³/mol. The van der Waals surface area contributed by atoms with Crippen LogP contribution in [0.2, 0.25) is 0 Å². The molecule has 0 radical (unpaired) electrons. The van der Waals surface area contributed by atoms with Crippen LogP contribution in [-0.4, -0.2) is 38.8 Å². The molecular formula is C10H26N4O2. The summed E-state index contributed by atoms with van der Waals surface area (Å²) >= 11 is 0. The van der Waals surface area contributed by atoms with Gasteiger partial charge in [-0.25, -0.2) is 0 Å². The maximum atomic E-state index is 5.39. The van der Waals surface area contributed by atoms with Crippen LogP contribution in [0, 0.1) is 0 Å². The predicted octanol–water partition coefficient (Wildman–Crippen LogP) is -0.931. The summed E-state index contributed by atoms with van der Waals surface area (Å²) in [6.45, 7) is 3.38. The van der Waals surface area contributed by atoms with Crippen molar-refractivity contribution in [3.05, 3.63) is 0 Å². The molecule has 6 heteroatoms. The number of ether oxygens (including phenoxy) is 2. The molecule has 0 aromatic carbocycles. The standard InChI is InChI=1S/C10H26N4O2/c11-5-3-8-15-6-1-2-7-16-9-4-10(12,13)14/h1-9,11-14H2. The molecule has 0 saturated heterocycles. The van der Waals surface area contributed by atoms with Crippen LogP contribution in [0.5, 0.6) is 0 Å². The summed E-state index contributed by atoms with van der Waals surface area (Å²) < 4.78 is 10.7. The summed E-state index contributed by atoms with van der Waals surface area (Å²) in [6.07, 6.45) is 3.33. The first-order valence-corrected chi connectivity index (χ1v) is 5.78. The van der Waals surface area contributed by atoms with Crippen LogP contribution in [0.25, 0.3) is 0 Å². The van der Waals surface area contributed by atoms with Crippen LogP contribution >= 0.6 is 0 Å². The van der Waals surface area contributed by atoms with Gasteiger partial charge >= 0.3 is 0 Å². The Hall–Kier alpha value is -0.240. The SMILES string of the molecule is NCCCOCCCCOCCC(N)(N)N. The molecule has 0 aliphatic heterocycles. The van der Waals surface area contributed by atoms with Crippen molar-refractivity contribution in [2.75, 3.05) is 33.0 Å². The first-order valence-electron chi connectivity index (χ1n) is 5.78. The van der Waals surface area contributed by atoms with E-state index in [4.69, 9.17) is 32.4 Å². The second-order valence-corrected chi connectivity index (χ2v) is 3.94. The Bertz CT molecular complexity index is 150. The highest BCUT2D eigenvalue weighted by atomic mass is 16.5. The minimum absolute atomic E-state index is 0.458. The first-order chi connectivity index (χ1) is 7.56. The van der Waals surface area contributed by atoms with Gasteiger partial charge in [0.05, 0.1) is 6.61 Å². The van der Waals surface area contributed by atoms with Gasteiger partial charge in [-0.2, -0.15) is 0 Å². The van der Waals surface area contributed by atoms with Crippen LogP contribution < -0.4 is 22.9 Å². The van der Waals surface area contributed by atoms with Crippen molar-refractivity contribution in [3.8, 4) is 0 Å². The van der Waals surface area contributed by atoms with E-state index >= 15 is 0 Å². The summed E-state index contributed by atoms with van der Waals surface area (Å²) in [5, 5.41) is 0. The summed E-state index contributed by atoms with van der Waals surface area (Å²) in [6, 6.07) is 0. The smallest absolute Gasteiger partial charge is 0.118 e. The largest absolute Gasteiger partial charge is 0.381 e. The molecule has 0 rings (SSSR count). The second kappa shape index (κ2) is 9.95. The molecule has 0 saturated carbocycles. The van der Waals surface area contributed by atoms with E-state index in [0.29, 0.717) is 26.2 Å². The summed E-state index contributed by atoms with van der Waals surface area (Å²) in [7, 11) is 0. The summed E-state index contributed by atoms with van der Waals surface area (Å²) in [4.78, 5) is 0. The van der Waals surface area contributed by atoms with Crippen LogP contribution in [0.15, 0.2) is 0 Å². The maximum Gasteiger partial charge on any atom is 0.118 e. The molecule has 0 atom stereocenters. The van der Waals surface area contributed by atoms with Crippen LogP contribution in [-0.2, 0) is 9.47 Å². The van der Waals surface area contributed by atoms with Crippen molar-refractivity contribution < 1.29 is 9.47 Å². The van der Waals surface area contributed by atoms with E-state index in [1.807, 2.05) is 0 Å². The molecule has 0 aliphatic rings. The highest BCUT2D eigenvalue weighted by Crippen LogP contribution is 1.95. The van der Waals surface area contributed by atoms with Crippen LogP contribution in [0.3, 0.4) is 0 Å². The van der Waals surface area contributed by atoms with Crippen LogP contribution in [0.4, 0.5) is 0 Å². The molecule has 0 aliphatic carbocycles. The molecule has 6 nitrogen and oxygen atoms in total. The third-order valence-electron chi connectivity index (χ3n) is 2.00. The number of rotatable bonds is 11. The Morgan fingerprint density at radius 2 is 1.25 bits per heavy atom. The normalized spacial score (nSPS) is 12.0. The van der Waals surface area contributed by atoms with Gasteiger partial charge in [0.2, 0.25) is 0 Å². The number of hydrogen-bond acceptors (Lipinski definition) is 6. The monoisotopic (exact) mass is 234 g/mol. The van der Waals surface area contributed by atoms with Gasteiger partial charge in [-0.15, -0.1) is 0 Å². The molecular weight excluding hydrogens is 208 g/mol. The number of nitrogens with two attached hydrogens (primary N) is 4. The lowest BCUT2D eigenvalue weighted by atomic mass is 10.3.